The molecule has 128 valence electrons. The van der Waals surface area contributed by atoms with E-state index in [2.05, 4.69) is 11.2 Å². The lowest BCUT2D eigenvalue weighted by atomic mass is 10.2. The number of rotatable bonds is 3. The first-order valence-corrected chi connectivity index (χ1v) is 9.61. The Morgan fingerprint density at radius 3 is 3.00 bits per heavy atom. The molecule has 6 nitrogen and oxygen atoms in total. The number of carbonyl (C=O) groups excluding carboxylic acids is 1. The lowest BCUT2D eigenvalue weighted by molar-refractivity contribution is -0.133. The lowest BCUT2D eigenvalue weighted by Crippen LogP contribution is -2.36. The third-order valence-corrected chi connectivity index (χ3v) is 5.98. The van der Waals surface area contributed by atoms with E-state index in [0.29, 0.717) is 0 Å². The Labute approximate surface area is 144 Å². The van der Waals surface area contributed by atoms with E-state index in [1.165, 1.54) is 9.56 Å². The Morgan fingerprint density at radius 1 is 1.25 bits per heavy atom. The van der Waals surface area contributed by atoms with Crippen molar-refractivity contribution in [3.8, 4) is 0 Å². The Hall–Kier alpha value is -1.89. The molecular formula is C17H22N4O2S. The minimum absolute atomic E-state index is 0.00117. The van der Waals surface area contributed by atoms with Crippen LogP contribution in [0.2, 0.25) is 0 Å². The number of carbonyl (C=O) groups is 1. The second-order valence-corrected chi connectivity index (χ2v) is 7.56. The van der Waals surface area contributed by atoms with Gasteiger partial charge in [-0.15, -0.1) is 11.3 Å². The number of hydrogen-bond acceptors (Lipinski definition) is 4. The van der Waals surface area contributed by atoms with Crippen LogP contribution in [0.3, 0.4) is 0 Å². The number of nitrogens with zero attached hydrogens (tertiary/aromatic N) is 4. The van der Waals surface area contributed by atoms with Crippen LogP contribution in [0.25, 0.3) is 0 Å². The highest BCUT2D eigenvalue weighted by Crippen LogP contribution is 2.34. The van der Waals surface area contributed by atoms with Crippen molar-refractivity contribution in [3.63, 3.8) is 0 Å². The molecule has 1 saturated heterocycles. The molecule has 2 aliphatic rings. The van der Waals surface area contributed by atoms with Crippen LogP contribution in [0, 0.1) is 0 Å². The summed E-state index contributed by atoms with van der Waals surface area (Å²) in [5, 5.41) is 6.48. The third-order valence-electron chi connectivity index (χ3n) is 5.01. The van der Waals surface area contributed by atoms with Crippen LogP contribution in [0.4, 0.5) is 0 Å². The van der Waals surface area contributed by atoms with Gasteiger partial charge in [0.1, 0.15) is 12.4 Å². The zero-order valence-corrected chi connectivity index (χ0v) is 14.5. The predicted molar refractivity (Wildman–Crippen MR) is 92.0 cm³/mol. The molecule has 2 aliphatic heterocycles. The summed E-state index contributed by atoms with van der Waals surface area (Å²) in [5.74, 6) is 0.836. The molecular weight excluding hydrogens is 324 g/mol. The number of aromatic nitrogens is 3. The molecule has 1 atom stereocenters. The molecule has 0 N–H and O–H groups in total. The normalized spacial score (nSPS) is 20.8. The quantitative estimate of drug-likeness (QED) is 0.856. The molecule has 2 aromatic rings. The average molecular weight is 346 g/mol. The number of thiophene rings is 1. The standard InChI is InChI=1S/C17H22N4O2S/c22-16(19-10-4-6-13(19)14-7-5-11-24-14)12-21-17(23)20-9-3-1-2-8-15(20)18-21/h5,7,11,13H,1-4,6,8-10,12H2. The van der Waals surface area contributed by atoms with Gasteiger partial charge in [-0.25, -0.2) is 9.48 Å². The summed E-state index contributed by atoms with van der Waals surface area (Å²) in [6.07, 6.45) is 6.07. The molecule has 0 aromatic carbocycles. The number of likely N-dealkylation sites (tertiary alicyclic amines) is 1. The maximum Gasteiger partial charge on any atom is 0.346 e. The summed E-state index contributed by atoms with van der Waals surface area (Å²) in [6, 6.07) is 4.28. The van der Waals surface area contributed by atoms with Crippen LogP contribution in [-0.4, -0.2) is 31.7 Å². The smallest absolute Gasteiger partial charge is 0.333 e. The number of hydrogen-bond donors (Lipinski definition) is 0. The Bertz CT molecular complexity index is 777. The van der Waals surface area contributed by atoms with Crippen LogP contribution in [0.1, 0.15) is 48.8 Å². The molecule has 0 radical (unpaired) electrons. The summed E-state index contributed by atoms with van der Waals surface area (Å²) in [5.41, 5.74) is -0.132. The zero-order chi connectivity index (χ0) is 16.5. The van der Waals surface area contributed by atoms with Crippen LogP contribution in [0.15, 0.2) is 22.3 Å². The van der Waals surface area contributed by atoms with Crippen molar-refractivity contribution >= 4 is 17.2 Å². The highest BCUT2D eigenvalue weighted by Gasteiger charge is 2.31. The van der Waals surface area contributed by atoms with Crippen molar-refractivity contribution in [3.05, 3.63) is 38.7 Å². The first-order chi connectivity index (χ1) is 11.7. The van der Waals surface area contributed by atoms with Crippen molar-refractivity contribution in [2.24, 2.45) is 0 Å². The SMILES string of the molecule is O=C(Cn1nc2n(c1=O)CCCCC2)N1CCCC1c1cccs1. The van der Waals surface area contributed by atoms with Crippen LogP contribution in [-0.2, 0) is 24.3 Å². The van der Waals surface area contributed by atoms with E-state index >= 15 is 0 Å². The molecule has 4 rings (SSSR count). The van der Waals surface area contributed by atoms with Gasteiger partial charge in [0.25, 0.3) is 0 Å². The number of fused-ring (bicyclic) bond motifs is 1. The molecule has 0 aliphatic carbocycles. The molecule has 0 saturated carbocycles. The Balaban J connectivity index is 1.53. The number of amides is 1. The molecule has 2 aromatic heterocycles. The van der Waals surface area contributed by atoms with Gasteiger partial charge in [-0.2, -0.15) is 5.10 Å². The van der Waals surface area contributed by atoms with E-state index < -0.39 is 0 Å². The van der Waals surface area contributed by atoms with Gasteiger partial charge in [-0.1, -0.05) is 12.5 Å². The van der Waals surface area contributed by atoms with E-state index in [-0.39, 0.29) is 24.2 Å². The first kappa shape index (κ1) is 15.6. The minimum atomic E-state index is -0.132. The summed E-state index contributed by atoms with van der Waals surface area (Å²) in [6.45, 7) is 1.55. The molecule has 0 spiro atoms. The molecule has 1 amide bonds. The van der Waals surface area contributed by atoms with Gasteiger partial charge >= 0.3 is 5.69 Å². The highest BCUT2D eigenvalue weighted by atomic mass is 32.1. The van der Waals surface area contributed by atoms with Crippen LogP contribution >= 0.6 is 11.3 Å². The van der Waals surface area contributed by atoms with E-state index in [4.69, 9.17) is 0 Å². The van der Waals surface area contributed by atoms with Gasteiger partial charge < -0.3 is 4.90 Å². The van der Waals surface area contributed by atoms with E-state index in [0.717, 1.165) is 57.4 Å². The molecule has 1 fully saturated rings. The maximum atomic E-state index is 12.8. The second-order valence-electron chi connectivity index (χ2n) is 6.58. The predicted octanol–water partition coefficient (Wildman–Crippen LogP) is 2.20. The van der Waals surface area contributed by atoms with E-state index in [9.17, 15) is 9.59 Å². The van der Waals surface area contributed by atoms with Gasteiger partial charge in [0, 0.05) is 24.4 Å². The molecule has 0 bridgehead atoms. The second kappa shape index (κ2) is 6.55. The molecule has 1 unspecified atom stereocenters. The number of aryl methyl sites for hydroxylation is 1. The van der Waals surface area contributed by atoms with Crippen molar-refractivity contribution < 1.29 is 4.79 Å². The fourth-order valence-electron chi connectivity index (χ4n) is 3.79. The van der Waals surface area contributed by atoms with Crippen molar-refractivity contribution in [1.82, 2.24) is 19.2 Å². The largest absolute Gasteiger partial charge is 0.346 e. The average Bonchev–Trinajstić information content (AvgIpc) is 3.27. The van der Waals surface area contributed by atoms with Gasteiger partial charge in [-0.3, -0.25) is 9.36 Å². The topological polar surface area (TPSA) is 60.1 Å². The summed E-state index contributed by atoms with van der Waals surface area (Å²) < 4.78 is 3.12. The van der Waals surface area contributed by atoms with Crippen LogP contribution in [0.5, 0.6) is 0 Å². The van der Waals surface area contributed by atoms with Crippen molar-refractivity contribution in [2.45, 2.75) is 57.7 Å². The fourth-order valence-corrected chi connectivity index (χ4v) is 4.66. The molecule has 7 heteroatoms. The highest BCUT2D eigenvalue weighted by molar-refractivity contribution is 7.10. The summed E-state index contributed by atoms with van der Waals surface area (Å²) in [4.78, 5) is 28.4. The van der Waals surface area contributed by atoms with E-state index in [1.807, 2.05) is 16.3 Å². The molecule has 24 heavy (non-hydrogen) atoms. The van der Waals surface area contributed by atoms with Crippen LogP contribution < -0.4 is 5.69 Å². The first-order valence-electron chi connectivity index (χ1n) is 8.73. The van der Waals surface area contributed by atoms with E-state index in [1.54, 1.807) is 15.9 Å². The zero-order valence-electron chi connectivity index (χ0n) is 13.7. The van der Waals surface area contributed by atoms with Crippen molar-refractivity contribution in [1.29, 1.82) is 0 Å². The minimum Gasteiger partial charge on any atom is -0.333 e. The summed E-state index contributed by atoms with van der Waals surface area (Å²) in [7, 11) is 0. The van der Waals surface area contributed by atoms with Gasteiger partial charge in [0.15, 0.2) is 0 Å². The van der Waals surface area contributed by atoms with Gasteiger partial charge in [-0.05, 0) is 37.1 Å². The summed E-state index contributed by atoms with van der Waals surface area (Å²) >= 11 is 1.69. The monoisotopic (exact) mass is 346 g/mol. The van der Waals surface area contributed by atoms with Gasteiger partial charge in [0.05, 0.1) is 6.04 Å². The lowest BCUT2D eigenvalue weighted by Gasteiger charge is -2.23. The maximum absolute atomic E-state index is 12.8. The fraction of sp³-hybridized carbons (Fsp3) is 0.588. The molecule has 4 heterocycles. The van der Waals surface area contributed by atoms with Gasteiger partial charge in [0.2, 0.25) is 5.91 Å². The third kappa shape index (κ3) is 2.81. The Kier molecular flexibility index (Phi) is 4.26. The van der Waals surface area contributed by atoms with Crippen molar-refractivity contribution in [2.75, 3.05) is 6.54 Å². The Morgan fingerprint density at radius 2 is 2.17 bits per heavy atom.